The molecule has 10 nitrogen and oxygen atoms in total. The van der Waals surface area contributed by atoms with Gasteiger partial charge in [0, 0.05) is 29.8 Å². The minimum Gasteiger partial charge on any atom is -0.339 e. The zero-order valence-corrected chi connectivity index (χ0v) is 19.1. The second-order valence-corrected chi connectivity index (χ2v) is 8.97. The van der Waals surface area contributed by atoms with Gasteiger partial charge in [0.15, 0.2) is 16.7 Å². The lowest BCUT2D eigenvalue weighted by Crippen LogP contribution is -2.13. The monoisotopic (exact) mass is 452 g/mol. The summed E-state index contributed by atoms with van der Waals surface area (Å²) < 4.78 is 31.3. The van der Waals surface area contributed by atoms with Crippen LogP contribution < -0.4 is 10.0 Å². The molecule has 0 spiro atoms. The number of imidazole rings is 1. The largest absolute Gasteiger partial charge is 0.339 e. The van der Waals surface area contributed by atoms with Crippen molar-refractivity contribution in [3.05, 3.63) is 65.9 Å². The van der Waals surface area contributed by atoms with E-state index in [0.29, 0.717) is 29.7 Å². The summed E-state index contributed by atoms with van der Waals surface area (Å²) in [6.45, 7) is 8.24. The first-order valence-electron chi connectivity index (χ1n) is 10.1. The Morgan fingerprint density at radius 2 is 1.69 bits per heavy atom. The summed E-state index contributed by atoms with van der Waals surface area (Å²) in [5.41, 5.74) is 3.07. The molecule has 0 radical (unpaired) electrons. The van der Waals surface area contributed by atoms with E-state index in [4.69, 9.17) is 0 Å². The first-order chi connectivity index (χ1) is 15.2. The minimum atomic E-state index is -3.76. The number of sulfonamides is 1. The Kier molecular flexibility index (Phi) is 5.66. The van der Waals surface area contributed by atoms with Crippen molar-refractivity contribution in [1.29, 1.82) is 0 Å². The fourth-order valence-corrected chi connectivity index (χ4v) is 4.34. The number of benzene rings is 1. The van der Waals surface area contributed by atoms with Gasteiger partial charge in [-0.3, -0.25) is 4.72 Å². The number of hydrogen-bond donors (Lipinski definition) is 2. The molecule has 0 aliphatic carbocycles. The molecular formula is C21H24N8O2S. The lowest BCUT2D eigenvalue weighted by atomic mass is 10.3. The maximum atomic E-state index is 12.6. The van der Waals surface area contributed by atoms with Gasteiger partial charge in [-0.05, 0) is 70.2 Å². The molecule has 0 aliphatic heterocycles. The molecule has 3 heterocycles. The maximum absolute atomic E-state index is 12.6. The van der Waals surface area contributed by atoms with Gasteiger partial charge in [0.25, 0.3) is 10.0 Å². The van der Waals surface area contributed by atoms with E-state index in [1.54, 1.807) is 40.4 Å². The number of nitrogens with zero attached hydrogens (tertiary/aromatic N) is 6. The molecule has 0 saturated heterocycles. The number of hydrogen-bond acceptors (Lipinski definition) is 7. The van der Waals surface area contributed by atoms with E-state index in [9.17, 15) is 8.42 Å². The average Bonchev–Trinajstić information content (AvgIpc) is 3.31. The fraction of sp³-hybridized carbons (Fsp3) is 0.238. The summed E-state index contributed by atoms with van der Waals surface area (Å²) in [4.78, 5) is 4.14. The van der Waals surface area contributed by atoms with Crippen LogP contribution in [0, 0.1) is 20.8 Å². The molecule has 0 saturated carbocycles. The third kappa shape index (κ3) is 4.47. The highest BCUT2D eigenvalue weighted by Crippen LogP contribution is 2.21. The van der Waals surface area contributed by atoms with E-state index in [2.05, 4.69) is 30.3 Å². The van der Waals surface area contributed by atoms with Crippen molar-refractivity contribution in [2.45, 2.75) is 39.3 Å². The number of aryl methyl sites for hydroxylation is 4. The SMILES string of the molecule is CCn1cc(S(=O)(=O)Nc2ccc(Nc3ccc(-n4nc(C)cc4C)nn3)cc2)nc1C. The zero-order chi connectivity index (χ0) is 22.9. The summed E-state index contributed by atoms with van der Waals surface area (Å²) in [5.74, 6) is 1.84. The van der Waals surface area contributed by atoms with Crippen LogP contribution in [0.15, 0.2) is 53.7 Å². The molecule has 0 fully saturated rings. The van der Waals surface area contributed by atoms with E-state index in [1.165, 1.54) is 6.20 Å². The van der Waals surface area contributed by atoms with E-state index in [1.807, 2.05) is 39.0 Å². The Morgan fingerprint density at radius 1 is 0.969 bits per heavy atom. The Labute approximate surface area is 186 Å². The highest BCUT2D eigenvalue weighted by molar-refractivity contribution is 7.92. The molecule has 4 rings (SSSR count). The Bertz CT molecular complexity index is 1340. The van der Waals surface area contributed by atoms with Crippen LogP contribution in [0.5, 0.6) is 0 Å². The van der Waals surface area contributed by atoms with Crippen molar-refractivity contribution in [2.75, 3.05) is 10.0 Å². The van der Waals surface area contributed by atoms with Crippen molar-refractivity contribution >= 4 is 27.2 Å². The molecule has 11 heteroatoms. The Hall–Kier alpha value is -3.73. The third-order valence-electron chi connectivity index (χ3n) is 4.86. The summed E-state index contributed by atoms with van der Waals surface area (Å²) >= 11 is 0. The second-order valence-electron chi connectivity index (χ2n) is 7.34. The van der Waals surface area contributed by atoms with Crippen LogP contribution in [0.2, 0.25) is 0 Å². The molecule has 0 atom stereocenters. The topological polar surface area (TPSA) is 120 Å². The van der Waals surface area contributed by atoms with Crippen LogP contribution in [0.4, 0.5) is 17.2 Å². The van der Waals surface area contributed by atoms with Crippen LogP contribution >= 0.6 is 0 Å². The average molecular weight is 453 g/mol. The van der Waals surface area contributed by atoms with Crippen molar-refractivity contribution in [3.63, 3.8) is 0 Å². The molecule has 1 aromatic carbocycles. The summed E-state index contributed by atoms with van der Waals surface area (Å²) in [6.07, 6.45) is 1.53. The summed E-state index contributed by atoms with van der Waals surface area (Å²) in [6, 6.07) is 12.5. The Balaban J connectivity index is 1.44. The van der Waals surface area contributed by atoms with E-state index in [-0.39, 0.29) is 5.03 Å². The molecule has 0 bridgehead atoms. The molecule has 32 heavy (non-hydrogen) atoms. The molecule has 0 unspecified atom stereocenters. The lowest BCUT2D eigenvalue weighted by Gasteiger charge is -2.09. The van der Waals surface area contributed by atoms with Crippen LogP contribution in [0.3, 0.4) is 0 Å². The van der Waals surface area contributed by atoms with Gasteiger partial charge in [-0.15, -0.1) is 10.2 Å². The van der Waals surface area contributed by atoms with Crippen LogP contribution in [-0.2, 0) is 16.6 Å². The Morgan fingerprint density at radius 3 is 2.25 bits per heavy atom. The van der Waals surface area contributed by atoms with Gasteiger partial charge in [-0.2, -0.15) is 13.5 Å². The van der Waals surface area contributed by atoms with Gasteiger partial charge in [0.2, 0.25) is 0 Å². The maximum Gasteiger partial charge on any atom is 0.280 e. The van der Waals surface area contributed by atoms with Crippen molar-refractivity contribution in [1.82, 2.24) is 29.5 Å². The number of nitrogens with one attached hydrogen (secondary N) is 2. The van der Waals surface area contributed by atoms with Crippen molar-refractivity contribution < 1.29 is 8.42 Å². The first kappa shape index (κ1) is 21.5. The molecule has 4 aromatic rings. The number of rotatable bonds is 7. The molecule has 0 amide bonds. The van der Waals surface area contributed by atoms with Gasteiger partial charge >= 0.3 is 0 Å². The van der Waals surface area contributed by atoms with E-state index >= 15 is 0 Å². The van der Waals surface area contributed by atoms with Gasteiger partial charge in [-0.25, -0.2) is 9.67 Å². The van der Waals surface area contributed by atoms with Crippen LogP contribution in [0.1, 0.15) is 24.1 Å². The van der Waals surface area contributed by atoms with E-state index in [0.717, 1.165) is 17.1 Å². The number of anilines is 3. The van der Waals surface area contributed by atoms with Crippen LogP contribution in [-0.4, -0.2) is 37.9 Å². The molecule has 166 valence electrons. The molecule has 2 N–H and O–H groups in total. The smallest absolute Gasteiger partial charge is 0.280 e. The van der Waals surface area contributed by atoms with Gasteiger partial charge in [-0.1, -0.05) is 0 Å². The zero-order valence-electron chi connectivity index (χ0n) is 18.2. The predicted octanol–water partition coefficient (Wildman–Crippen LogP) is 3.35. The standard InChI is InChI=1S/C21H24N8O2S/c1-5-28-13-21(22-16(28)4)32(30,31)27-18-8-6-17(7-9-18)23-19-10-11-20(25-24-19)29-15(3)12-14(2)26-29/h6-13,27H,5H2,1-4H3,(H,23,24). The fourth-order valence-electron chi connectivity index (χ4n) is 3.27. The van der Waals surface area contributed by atoms with Gasteiger partial charge in [0.1, 0.15) is 5.82 Å². The highest BCUT2D eigenvalue weighted by atomic mass is 32.2. The molecule has 3 aromatic heterocycles. The van der Waals surface area contributed by atoms with Crippen LogP contribution in [0.25, 0.3) is 5.82 Å². The summed E-state index contributed by atoms with van der Waals surface area (Å²) in [7, 11) is -3.76. The van der Waals surface area contributed by atoms with Gasteiger partial charge in [0.05, 0.1) is 5.69 Å². The lowest BCUT2D eigenvalue weighted by molar-refractivity contribution is 0.598. The second kappa shape index (κ2) is 8.42. The third-order valence-corrected chi connectivity index (χ3v) is 6.11. The first-order valence-corrected chi connectivity index (χ1v) is 11.5. The van der Waals surface area contributed by atoms with Crippen molar-refractivity contribution in [3.8, 4) is 5.82 Å². The normalized spacial score (nSPS) is 11.5. The highest BCUT2D eigenvalue weighted by Gasteiger charge is 2.19. The molecule has 0 aliphatic rings. The molecular weight excluding hydrogens is 428 g/mol. The predicted molar refractivity (Wildman–Crippen MR) is 122 cm³/mol. The minimum absolute atomic E-state index is 0.00275. The van der Waals surface area contributed by atoms with E-state index < -0.39 is 10.0 Å². The van der Waals surface area contributed by atoms with Gasteiger partial charge < -0.3 is 9.88 Å². The quantitative estimate of drug-likeness (QED) is 0.441. The summed E-state index contributed by atoms with van der Waals surface area (Å²) in [5, 5.41) is 16.0. The van der Waals surface area contributed by atoms with Crippen molar-refractivity contribution in [2.24, 2.45) is 0 Å². The number of aromatic nitrogens is 6.